The van der Waals surface area contributed by atoms with E-state index in [9.17, 15) is 14.7 Å². The molecule has 1 N–H and O–H groups in total. The summed E-state index contributed by atoms with van der Waals surface area (Å²) in [4.78, 5) is 25.2. The molecule has 5 heteroatoms. The zero-order chi connectivity index (χ0) is 19.6. The summed E-state index contributed by atoms with van der Waals surface area (Å²) in [6.45, 7) is 3.71. The van der Waals surface area contributed by atoms with Crippen LogP contribution in [0.4, 0.5) is 0 Å². The zero-order valence-corrected chi connectivity index (χ0v) is 15.7. The first-order chi connectivity index (χ1) is 13.1. The van der Waals surface area contributed by atoms with Crippen molar-refractivity contribution in [3.8, 4) is 0 Å². The van der Waals surface area contributed by atoms with Crippen molar-refractivity contribution in [2.75, 3.05) is 13.2 Å². The highest BCUT2D eigenvalue weighted by molar-refractivity contribution is 5.96. The lowest BCUT2D eigenvalue weighted by Gasteiger charge is -2.26. The number of esters is 2. The van der Waals surface area contributed by atoms with E-state index in [4.69, 9.17) is 9.47 Å². The summed E-state index contributed by atoms with van der Waals surface area (Å²) in [5, 5.41) is 10.7. The van der Waals surface area contributed by atoms with E-state index in [1.807, 2.05) is 60.7 Å². The van der Waals surface area contributed by atoms with Crippen LogP contribution in [-0.2, 0) is 19.1 Å². The van der Waals surface area contributed by atoms with E-state index < -0.39 is 29.9 Å². The second kappa shape index (κ2) is 10.5. The quantitative estimate of drug-likeness (QED) is 0.539. The number of carbonyl (C=O) groups is 2. The van der Waals surface area contributed by atoms with Crippen molar-refractivity contribution in [2.24, 2.45) is 5.92 Å². The Balaban J connectivity index is 2.39. The SMILES string of the molecule is CCOC(=O)C(C(=O)OCC)C(CC(O)c1ccccc1)c1ccccc1. The molecule has 0 aliphatic carbocycles. The van der Waals surface area contributed by atoms with Gasteiger partial charge in [0.2, 0.25) is 0 Å². The molecule has 0 amide bonds. The van der Waals surface area contributed by atoms with Crippen molar-refractivity contribution in [3.05, 3.63) is 71.8 Å². The second-order valence-electron chi connectivity index (χ2n) is 6.16. The molecule has 0 spiro atoms. The predicted octanol–water partition coefficient (Wildman–Crippen LogP) is 3.64. The van der Waals surface area contributed by atoms with Crippen molar-refractivity contribution in [1.82, 2.24) is 0 Å². The number of rotatable bonds is 9. The highest BCUT2D eigenvalue weighted by Crippen LogP contribution is 2.35. The molecule has 0 fully saturated rings. The molecule has 27 heavy (non-hydrogen) atoms. The van der Waals surface area contributed by atoms with Gasteiger partial charge in [-0.2, -0.15) is 0 Å². The molecule has 2 aromatic rings. The monoisotopic (exact) mass is 370 g/mol. The minimum atomic E-state index is -1.13. The second-order valence-corrected chi connectivity index (χ2v) is 6.16. The van der Waals surface area contributed by atoms with E-state index in [0.717, 1.165) is 11.1 Å². The smallest absolute Gasteiger partial charge is 0.320 e. The summed E-state index contributed by atoms with van der Waals surface area (Å²) in [5.41, 5.74) is 1.50. The molecule has 2 atom stereocenters. The van der Waals surface area contributed by atoms with Gasteiger partial charge in [-0.15, -0.1) is 0 Å². The van der Waals surface area contributed by atoms with Gasteiger partial charge in [-0.25, -0.2) is 0 Å². The van der Waals surface area contributed by atoms with Gasteiger partial charge in [0.15, 0.2) is 5.92 Å². The van der Waals surface area contributed by atoms with Gasteiger partial charge >= 0.3 is 11.9 Å². The molecule has 144 valence electrons. The third kappa shape index (κ3) is 5.66. The molecule has 0 aliphatic rings. The number of aliphatic hydroxyl groups is 1. The molecular formula is C22H26O5. The Hall–Kier alpha value is -2.66. The molecule has 2 unspecified atom stereocenters. The largest absolute Gasteiger partial charge is 0.465 e. The van der Waals surface area contributed by atoms with Crippen molar-refractivity contribution in [3.63, 3.8) is 0 Å². The van der Waals surface area contributed by atoms with Gasteiger partial charge in [-0.1, -0.05) is 60.7 Å². The Morgan fingerprint density at radius 1 is 0.815 bits per heavy atom. The fraction of sp³-hybridized carbons (Fsp3) is 0.364. The highest BCUT2D eigenvalue weighted by Gasteiger charge is 2.39. The van der Waals surface area contributed by atoms with Crippen molar-refractivity contribution >= 4 is 11.9 Å². The van der Waals surface area contributed by atoms with Crippen LogP contribution in [0.25, 0.3) is 0 Å². The molecule has 5 nitrogen and oxygen atoms in total. The Kier molecular flexibility index (Phi) is 8.01. The minimum absolute atomic E-state index is 0.164. The minimum Gasteiger partial charge on any atom is -0.465 e. The van der Waals surface area contributed by atoms with Crippen LogP contribution in [0.3, 0.4) is 0 Å². The number of carbonyl (C=O) groups excluding carboxylic acids is 2. The fourth-order valence-corrected chi connectivity index (χ4v) is 3.11. The summed E-state index contributed by atoms with van der Waals surface area (Å²) in [6, 6.07) is 18.4. The average Bonchev–Trinajstić information content (AvgIpc) is 2.69. The third-order valence-corrected chi connectivity index (χ3v) is 4.37. The number of hydrogen-bond donors (Lipinski definition) is 1. The van der Waals surface area contributed by atoms with E-state index in [0.29, 0.717) is 0 Å². The van der Waals surface area contributed by atoms with E-state index in [-0.39, 0.29) is 19.6 Å². The molecule has 2 aromatic carbocycles. The Morgan fingerprint density at radius 2 is 1.26 bits per heavy atom. The van der Waals surface area contributed by atoms with Crippen molar-refractivity contribution < 1.29 is 24.2 Å². The maximum atomic E-state index is 12.6. The lowest BCUT2D eigenvalue weighted by atomic mass is 9.80. The summed E-state index contributed by atoms with van der Waals surface area (Å²) >= 11 is 0. The van der Waals surface area contributed by atoms with Gasteiger partial charge in [0.05, 0.1) is 19.3 Å². The maximum absolute atomic E-state index is 12.6. The van der Waals surface area contributed by atoms with Crippen molar-refractivity contribution in [2.45, 2.75) is 32.3 Å². The van der Waals surface area contributed by atoms with Crippen LogP contribution in [0.5, 0.6) is 0 Å². The lowest BCUT2D eigenvalue weighted by Crippen LogP contribution is -2.34. The van der Waals surface area contributed by atoms with Gasteiger partial charge in [-0.05, 0) is 31.4 Å². The van der Waals surface area contributed by atoms with Crippen LogP contribution >= 0.6 is 0 Å². The lowest BCUT2D eigenvalue weighted by molar-refractivity contribution is -0.163. The van der Waals surface area contributed by atoms with Crippen LogP contribution in [0.15, 0.2) is 60.7 Å². The average molecular weight is 370 g/mol. The van der Waals surface area contributed by atoms with Gasteiger partial charge in [0.25, 0.3) is 0 Å². The highest BCUT2D eigenvalue weighted by atomic mass is 16.6. The van der Waals surface area contributed by atoms with Gasteiger partial charge in [-0.3, -0.25) is 9.59 Å². The van der Waals surface area contributed by atoms with Crippen LogP contribution in [-0.4, -0.2) is 30.3 Å². The molecule has 0 saturated heterocycles. The molecule has 0 aromatic heterocycles. The molecule has 0 aliphatic heterocycles. The number of ether oxygens (including phenoxy) is 2. The summed E-state index contributed by atoms with van der Waals surface area (Å²) in [6.07, 6.45) is -0.640. The topological polar surface area (TPSA) is 72.8 Å². The van der Waals surface area contributed by atoms with Gasteiger partial charge in [0, 0.05) is 5.92 Å². The van der Waals surface area contributed by atoms with Crippen LogP contribution < -0.4 is 0 Å². The van der Waals surface area contributed by atoms with E-state index in [1.54, 1.807) is 13.8 Å². The first-order valence-corrected chi connectivity index (χ1v) is 9.19. The predicted molar refractivity (Wildman–Crippen MR) is 102 cm³/mol. The molecule has 0 bridgehead atoms. The Labute approximate surface area is 159 Å². The molecule has 0 saturated carbocycles. The summed E-state index contributed by atoms with van der Waals surface area (Å²) in [5.74, 6) is -2.97. The van der Waals surface area contributed by atoms with Crippen LogP contribution in [0.1, 0.15) is 43.4 Å². The number of benzene rings is 2. The Morgan fingerprint density at radius 3 is 1.70 bits per heavy atom. The first-order valence-electron chi connectivity index (χ1n) is 9.19. The van der Waals surface area contributed by atoms with Gasteiger partial charge in [0.1, 0.15) is 0 Å². The zero-order valence-electron chi connectivity index (χ0n) is 15.7. The summed E-state index contributed by atoms with van der Waals surface area (Å²) in [7, 11) is 0. The standard InChI is InChI=1S/C22H26O5/c1-3-26-21(24)20(22(25)27-4-2)18(16-11-7-5-8-12-16)15-19(23)17-13-9-6-10-14-17/h5-14,18-20,23H,3-4,15H2,1-2H3. The molecule has 0 radical (unpaired) electrons. The maximum Gasteiger partial charge on any atom is 0.320 e. The van der Waals surface area contributed by atoms with Crippen LogP contribution in [0, 0.1) is 5.92 Å². The molecule has 2 rings (SSSR count). The normalized spacial score (nSPS) is 13.0. The Bertz CT molecular complexity index is 696. The molecule has 0 heterocycles. The van der Waals surface area contributed by atoms with E-state index >= 15 is 0 Å². The fourth-order valence-electron chi connectivity index (χ4n) is 3.11. The summed E-state index contributed by atoms with van der Waals surface area (Å²) < 4.78 is 10.3. The third-order valence-electron chi connectivity index (χ3n) is 4.37. The van der Waals surface area contributed by atoms with Crippen LogP contribution in [0.2, 0.25) is 0 Å². The van der Waals surface area contributed by atoms with E-state index in [1.165, 1.54) is 0 Å². The number of hydrogen-bond acceptors (Lipinski definition) is 5. The number of aliphatic hydroxyl groups excluding tert-OH is 1. The molecular weight excluding hydrogens is 344 g/mol. The first kappa shape index (κ1) is 20.6. The van der Waals surface area contributed by atoms with E-state index in [2.05, 4.69) is 0 Å². The van der Waals surface area contributed by atoms with Gasteiger partial charge < -0.3 is 14.6 Å². The van der Waals surface area contributed by atoms with Crippen molar-refractivity contribution in [1.29, 1.82) is 0 Å².